The summed E-state index contributed by atoms with van der Waals surface area (Å²) in [6.45, 7) is 8.16. The Labute approximate surface area is 126 Å². The van der Waals surface area contributed by atoms with Gasteiger partial charge in [0.15, 0.2) is 0 Å². The Balaban J connectivity index is 2.39. The van der Waals surface area contributed by atoms with Crippen molar-refractivity contribution in [1.29, 1.82) is 0 Å². The minimum Gasteiger partial charge on any atom is -0.340 e. The summed E-state index contributed by atoms with van der Waals surface area (Å²) in [4.78, 5) is 14.7. The van der Waals surface area contributed by atoms with E-state index in [0.717, 1.165) is 38.0 Å². The second kappa shape index (κ2) is 5.21. The molecule has 3 heteroatoms. The van der Waals surface area contributed by atoms with Crippen LogP contribution in [-0.4, -0.2) is 29.0 Å². The van der Waals surface area contributed by atoms with E-state index in [1.54, 1.807) is 0 Å². The lowest BCUT2D eigenvalue weighted by Gasteiger charge is -2.22. The van der Waals surface area contributed by atoms with Gasteiger partial charge in [-0.15, -0.1) is 0 Å². The zero-order chi connectivity index (χ0) is 15.1. The summed E-state index contributed by atoms with van der Waals surface area (Å²) >= 11 is 0. The van der Waals surface area contributed by atoms with Crippen molar-refractivity contribution in [1.82, 2.24) is 9.47 Å². The number of hydrogen-bond donors (Lipinski definition) is 0. The predicted octanol–water partition coefficient (Wildman–Crippen LogP) is 3.69. The lowest BCUT2D eigenvalue weighted by molar-refractivity contribution is 0.0777. The second-order valence-electron chi connectivity index (χ2n) is 6.16. The zero-order valence-electron chi connectivity index (χ0n) is 13.5. The SMILES string of the molecule is CCn1c2c(c3ccc(C)c(C)c31)CCCCN(C)C2=O. The molecule has 1 aromatic carbocycles. The number of aromatic nitrogens is 1. The Kier molecular flexibility index (Phi) is 3.52. The van der Waals surface area contributed by atoms with Crippen LogP contribution in [0.25, 0.3) is 10.9 Å². The highest BCUT2D eigenvalue weighted by Crippen LogP contribution is 2.33. The van der Waals surface area contributed by atoms with Crippen LogP contribution in [0.1, 0.15) is 46.9 Å². The average Bonchev–Trinajstić information content (AvgIpc) is 2.78. The number of benzene rings is 1. The van der Waals surface area contributed by atoms with Gasteiger partial charge in [-0.05, 0) is 56.7 Å². The molecule has 0 bridgehead atoms. The zero-order valence-corrected chi connectivity index (χ0v) is 13.5. The summed E-state index contributed by atoms with van der Waals surface area (Å²) in [6, 6.07) is 4.39. The van der Waals surface area contributed by atoms with Gasteiger partial charge in [-0.25, -0.2) is 0 Å². The number of carbonyl (C=O) groups is 1. The summed E-state index contributed by atoms with van der Waals surface area (Å²) in [5, 5.41) is 1.28. The Morgan fingerprint density at radius 1 is 1.19 bits per heavy atom. The van der Waals surface area contributed by atoms with Crippen LogP contribution in [-0.2, 0) is 13.0 Å². The molecule has 1 aromatic heterocycles. The fourth-order valence-corrected chi connectivity index (χ4v) is 3.54. The molecule has 0 atom stereocenters. The number of fused-ring (bicyclic) bond motifs is 3. The summed E-state index contributed by atoms with van der Waals surface area (Å²) in [5.74, 6) is 0.180. The highest BCUT2D eigenvalue weighted by atomic mass is 16.2. The van der Waals surface area contributed by atoms with E-state index in [-0.39, 0.29) is 5.91 Å². The highest BCUT2D eigenvalue weighted by molar-refractivity contribution is 6.02. The van der Waals surface area contributed by atoms with Gasteiger partial charge < -0.3 is 9.47 Å². The van der Waals surface area contributed by atoms with Gasteiger partial charge in [0.1, 0.15) is 5.69 Å². The molecule has 2 aromatic rings. The molecule has 3 nitrogen and oxygen atoms in total. The van der Waals surface area contributed by atoms with Crippen molar-refractivity contribution in [3.8, 4) is 0 Å². The van der Waals surface area contributed by atoms with E-state index in [2.05, 4.69) is 37.5 Å². The third kappa shape index (κ3) is 2.06. The largest absolute Gasteiger partial charge is 0.340 e. The first-order chi connectivity index (χ1) is 10.1. The predicted molar refractivity (Wildman–Crippen MR) is 87.0 cm³/mol. The Hall–Kier alpha value is -1.77. The fourth-order valence-electron chi connectivity index (χ4n) is 3.54. The quantitative estimate of drug-likeness (QED) is 0.784. The maximum Gasteiger partial charge on any atom is 0.270 e. The smallest absolute Gasteiger partial charge is 0.270 e. The monoisotopic (exact) mass is 284 g/mol. The third-order valence-corrected chi connectivity index (χ3v) is 4.89. The van der Waals surface area contributed by atoms with Gasteiger partial charge in [0, 0.05) is 25.5 Å². The number of nitrogens with zero attached hydrogens (tertiary/aromatic N) is 2. The van der Waals surface area contributed by atoms with E-state index in [4.69, 9.17) is 0 Å². The molecule has 0 N–H and O–H groups in total. The molecule has 21 heavy (non-hydrogen) atoms. The van der Waals surface area contributed by atoms with Crippen molar-refractivity contribution < 1.29 is 4.79 Å². The van der Waals surface area contributed by atoms with Crippen LogP contribution >= 0.6 is 0 Å². The molecule has 0 aliphatic carbocycles. The first-order valence-corrected chi connectivity index (χ1v) is 7.93. The molecule has 1 amide bonds. The van der Waals surface area contributed by atoms with Crippen LogP contribution in [0.2, 0.25) is 0 Å². The molecule has 1 aliphatic heterocycles. The van der Waals surface area contributed by atoms with E-state index in [0.29, 0.717) is 0 Å². The van der Waals surface area contributed by atoms with Crippen molar-refractivity contribution >= 4 is 16.8 Å². The molecule has 1 aliphatic rings. The van der Waals surface area contributed by atoms with Gasteiger partial charge in [0.2, 0.25) is 0 Å². The van der Waals surface area contributed by atoms with Gasteiger partial charge in [0.05, 0.1) is 5.52 Å². The molecule has 3 rings (SSSR count). The molecular weight excluding hydrogens is 260 g/mol. The first kappa shape index (κ1) is 14.2. The van der Waals surface area contributed by atoms with Crippen LogP contribution in [0.4, 0.5) is 0 Å². The number of amides is 1. The summed E-state index contributed by atoms with van der Waals surface area (Å²) in [6.07, 6.45) is 3.26. The van der Waals surface area contributed by atoms with E-state index in [1.165, 1.54) is 27.6 Å². The van der Waals surface area contributed by atoms with Crippen molar-refractivity contribution in [2.24, 2.45) is 0 Å². The van der Waals surface area contributed by atoms with E-state index in [1.807, 2.05) is 11.9 Å². The van der Waals surface area contributed by atoms with Crippen LogP contribution in [0.5, 0.6) is 0 Å². The van der Waals surface area contributed by atoms with Gasteiger partial charge in [-0.1, -0.05) is 12.1 Å². The fraction of sp³-hybridized carbons (Fsp3) is 0.500. The maximum atomic E-state index is 12.8. The Morgan fingerprint density at radius 3 is 2.67 bits per heavy atom. The van der Waals surface area contributed by atoms with Gasteiger partial charge >= 0.3 is 0 Å². The molecule has 0 fully saturated rings. The summed E-state index contributed by atoms with van der Waals surface area (Å²) < 4.78 is 2.23. The number of rotatable bonds is 1. The maximum absolute atomic E-state index is 12.8. The number of carbonyl (C=O) groups excluding carboxylic acids is 1. The lowest BCUT2D eigenvalue weighted by Crippen LogP contribution is -2.31. The van der Waals surface area contributed by atoms with Crippen LogP contribution < -0.4 is 0 Å². The number of hydrogen-bond acceptors (Lipinski definition) is 1. The topological polar surface area (TPSA) is 25.2 Å². The lowest BCUT2D eigenvalue weighted by atomic mass is 9.99. The second-order valence-corrected chi connectivity index (χ2v) is 6.16. The molecule has 0 spiro atoms. The molecule has 0 unspecified atom stereocenters. The Morgan fingerprint density at radius 2 is 1.95 bits per heavy atom. The molecule has 0 saturated heterocycles. The van der Waals surface area contributed by atoms with Gasteiger partial charge in [0.25, 0.3) is 5.91 Å². The molecule has 0 radical (unpaired) electrons. The minimum absolute atomic E-state index is 0.180. The van der Waals surface area contributed by atoms with Gasteiger partial charge in [-0.2, -0.15) is 0 Å². The van der Waals surface area contributed by atoms with Crippen molar-refractivity contribution in [3.05, 3.63) is 34.5 Å². The van der Waals surface area contributed by atoms with Crippen molar-refractivity contribution in [2.75, 3.05) is 13.6 Å². The van der Waals surface area contributed by atoms with Crippen LogP contribution in [0, 0.1) is 13.8 Å². The first-order valence-electron chi connectivity index (χ1n) is 7.93. The third-order valence-electron chi connectivity index (χ3n) is 4.89. The minimum atomic E-state index is 0.180. The molecule has 112 valence electrons. The Bertz CT molecular complexity index is 712. The summed E-state index contributed by atoms with van der Waals surface area (Å²) in [5.41, 5.74) is 6.03. The molecular formula is C18H24N2O. The summed E-state index contributed by atoms with van der Waals surface area (Å²) in [7, 11) is 1.92. The van der Waals surface area contributed by atoms with Crippen LogP contribution in [0.15, 0.2) is 12.1 Å². The standard InChI is InChI=1S/C18H24N2O/c1-5-20-16-13(3)12(2)9-10-15(16)14-8-6-7-11-19(4)18(21)17(14)20/h9-10H,5-8,11H2,1-4H3. The average molecular weight is 284 g/mol. The van der Waals surface area contributed by atoms with Crippen LogP contribution in [0.3, 0.4) is 0 Å². The van der Waals surface area contributed by atoms with Crippen molar-refractivity contribution in [3.63, 3.8) is 0 Å². The highest BCUT2D eigenvalue weighted by Gasteiger charge is 2.26. The van der Waals surface area contributed by atoms with Crippen molar-refractivity contribution in [2.45, 2.75) is 46.6 Å². The van der Waals surface area contributed by atoms with E-state index >= 15 is 0 Å². The molecule has 0 saturated carbocycles. The molecule has 2 heterocycles. The number of aryl methyl sites for hydroxylation is 4. The van der Waals surface area contributed by atoms with E-state index < -0.39 is 0 Å². The normalized spacial score (nSPS) is 16.0. The van der Waals surface area contributed by atoms with Gasteiger partial charge in [-0.3, -0.25) is 4.79 Å². The van der Waals surface area contributed by atoms with E-state index in [9.17, 15) is 4.79 Å².